The van der Waals surface area contributed by atoms with Gasteiger partial charge in [0.15, 0.2) is 6.10 Å². The van der Waals surface area contributed by atoms with Gasteiger partial charge in [0, 0.05) is 18.7 Å². The van der Waals surface area contributed by atoms with Crippen molar-refractivity contribution < 1.29 is 23.5 Å². The Labute approximate surface area is 163 Å². The summed E-state index contributed by atoms with van der Waals surface area (Å²) in [4.78, 5) is 26.6. The minimum Gasteiger partial charge on any atom is -0.449 e. The standard InChI is InChI=1S/C20H22ClNO5/c1-12-10-22(11-13(2)25-12)19(23)14(3)26-20(24)18-9-8-17(27-18)15-6-4-5-7-16(15)21/h4-9,12-14H,10-11H2,1-3H3/t12-,13-,14-/m1/s1. The molecule has 3 rings (SSSR count). The van der Waals surface area contributed by atoms with Gasteiger partial charge in [0.05, 0.1) is 17.2 Å². The van der Waals surface area contributed by atoms with Crippen LogP contribution in [0.25, 0.3) is 11.3 Å². The number of halogens is 1. The summed E-state index contributed by atoms with van der Waals surface area (Å²) in [6.45, 7) is 6.32. The first-order valence-corrected chi connectivity index (χ1v) is 9.23. The number of benzene rings is 1. The van der Waals surface area contributed by atoms with E-state index in [1.807, 2.05) is 26.0 Å². The number of carbonyl (C=O) groups is 2. The van der Waals surface area contributed by atoms with Crippen molar-refractivity contribution in [1.82, 2.24) is 4.90 Å². The number of esters is 1. The number of hydrogen-bond acceptors (Lipinski definition) is 5. The summed E-state index contributed by atoms with van der Waals surface area (Å²) in [6, 6.07) is 10.3. The Bertz CT molecular complexity index is 823. The first-order valence-electron chi connectivity index (χ1n) is 8.85. The summed E-state index contributed by atoms with van der Waals surface area (Å²) in [5.41, 5.74) is 0.679. The number of furan rings is 1. The van der Waals surface area contributed by atoms with E-state index in [-0.39, 0.29) is 23.9 Å². The summed E-state index contributed by atoms with van der Waals surface area (Å²) >= 11 is 6.15. The molecule has 1 aliphatic heterocycles. The molecule has 0 spiro atoms. The van der Waals surface area contributed by atoms with Crippen LogP contribution in [0.3, 0.4) is 0 Å². The van der Waals surface area contributed by atoms with E-state index in [0.29, 0.717) is 29.4 Å². The number of rotatable bonds is 4. The van der Waals surface area contributed by atoms with Crippen molar-refractivity contribution in [2.75, 3.05) is 13.1 Å². The van der Waals surface area contributed by atoms with Crippen molar-refractivity contribution in [3.8, 4) is 11.3 Å². The molecule has 2 heterocycles. The van der Waals surface area contributed by atoms with Gasteiger partial charge in [0.25, 0.3) is 5.91 Å². The van der Waals surface area contributed by atoms with Crippen molar-refractivity contribution in [2.45, 2.75) is 39.1 Å². The highest BCUT2D eigenvalue weighted by molar-refractivity contribution is 6.33. The van der Waals surface area contributed by atoms with Crippen molar-refractivity contribution in [2.24, 2.45) is 0 Å². The lowest BCUT2D eigenvalue weighted by atomic mass is 10.2. The topological polar surface area (TPSA) is 69.0 Å². The minimum atomic E-state index is -0.913. The molecule has 1 fully saturated rings. The normalized spacial score (nSPS) is 21.0. The van der Waals surface area contributed by atoms with Gasteiger partial charge in [0.2, 0.25) is 5.76 Å². The Kier molecular flexibility index (Phi) is 5.87. The lowest BCUT2D eigenvalue weighted by molar-refractivity contribution is -0.151. The SMILES string of the molecule is C[C@@H]1CN(C(=O)[C@@H](C)OC(=O)c2ccc(-c3ccccc3Cl)o2)C[C@@H](C)O1. The van der Waals surface area contributed by atoms with Gasteiger partial charge in [-0.15, -0.1) is 0 Å². The smallest absolute Gasteiger partial charge is 0.375 e. The van der Waals surface area contributed by atoms with E-state index in [2.05, 4.69) is 0 Å². The summed E-state index contributed by atoms with van der Waals surface area (Å²) in [5.74, 6) is -0.456. The van der Waals surface area contributed by atoms with Crippen molar-refractivity contribution >= 4 is 23.5 Å². The molecule has 6 nitrogen and oxygen atoms in total. The van der Waals surface area contributed by atoms with Crippen LogP contribution in [0.15, 0.2) is 40.8 Å². The van der Waals surface area contributed by atoms with E-state index in [9.17, 15) is 9.59 Å². The minimum absolute atomic E-state index is 0.0216. The molecule has 0 bridgehead atoms. The van der Waals surface area contributed by atoms with E-state index >= 15 is 0 Å². The number of morpholine rings is 1. The van der Waals surface area contributed by atoms with Crippen LogP contribution in [0.4, 0.5) is 0 Å². The third kappa shape index (κ3) is 4.51. The maximum absolute atomic E-state index is 12.6. The van der Waals surface area contributed by atoms with Gasteiger partial charge >= 0.3 is 5.97 Å². The van der Waals surface area contributed by atoms with Crippen LogP contribution in [-0.4, -0.2) is 48.2 Å². The Morgan fingerprint density at radius 1 is 1.15 bits per heavy atom. The van der Waals surface area contributed by atoms with E-state index in [1.165, 1.54) is 6.07 Å². The molecule has 0 aliphatic carbocycles. The molecular formula is C20H22ClNO5. The molecule has 27 heavy (non-hydrogen) atoms. The van der Waals surface area contributed by atoms with Gasteiger partial charge in [-0.05, 0) is 45.0 Å². The molecule has 1 aromatic carbocycles. The number of ether oxygens (including phenoxy) is 2. The highest BCUT2D eigenvalue weighted by Crippen LogP contribution is 2.29. The fraction of sp³-hybridized carbons (Fsp3) is 0.400. The summed E-state index contributed by atoms with van der Waals surface area (Å²) in [7, 11) is 0. The van der Waals surface area contributed by atoms with Crippen LogP contribution in [0.1, 0.15) is 31.3 Å². The molecule has 2 aromatic rings. The van der Waals surface area contributed by atoms with Crippen LogP contribution in [0.2, 0.25) is 5.02 Å². The Balaban J connectivity index is 1.65. The van der Waals surface area contributed by atoms with Gasteiger partial charge < -0.3 is 18.8 Å². The molecule has 1 aromatic heterocycles. The van der Waals surface area contributed by atoms with Gasteiger partial charge in [0.1, 0.15) is 5.76 Å². The average molecular weight is 392 g/mol. The second-order valence-corrected chi connectivity index (χ2v) is 7.10. The molecule has 1 saturated heterocycles. The van der Waals surface area contributed by atoms with E-state index in [1.54, 1.807) is 30.0 Å². The molecule has 0 N–H and O–H groups in total. The third-order valence-electron chi connectivity index (χ3n) is 4.31. The van der Waals surface area contributed by atoms with E-state index in [0.717, 1.165) is 0 Å². The number of amides is 1. The predicted octanol–water partition coefficient (Wildman–Crippen LogP) is 3.78. The average Bonchev–Trinajstić information content (AvgIpc) is 3.10. The van der Waals surface area contributed by atoms with Crippen molar-refractivity contribution in [3.63, 3.8) is 0 Å². The monoisotopic (exact) mass is 391 g/mol. The largest absolute Gasteiger partial charge is 0.449 e. The predicted molar refractivity (Wildman–Crippen MR) is 101 cm³/mol. The van der Waals surface area contributed by atoms with Gasteiger partial charge in [-0.2, -0.15) is 0 Å². The number of carbonyl (C=O) groups excluding carboxylic acids is 2. The van der Waals surface area contributed by atoms with Gasteiger partial charge in [-0.3, -0.25) is 4.79 Å². The fourth-order valence-electron chi connectivity index (χ4n) is 3.14. The maximum Gasteiger partial charge on any atom is 0.375 e. The fourth-order valence-corrected chi connectivity index (χ4v) is 3.37. The quantitative estimate of drug-likeness (QED) is 0.742. The van der Waals surface area contributed by atoms with Crippen molar-refractivity contribution in [1.29, 1.82) is 0 Å². The zero-order chi connectivity index (χ0) is 19.6. The third-order valence-corrected chi connectivity index (χ3v) is 4.64. The van der Waals surface area contributed by atoms with Crippen LogP contribution in [0.5, 0.6) is 0 Å². The second kappa shape index (κ2) is 8.15. The Hall–Kier alpha value is -2.31. The van der Waals surface area contributed by atoms with Crippen molar-refractivity contribution in [3.05, 3.63) is 47.2 Å². The van der Waals surface area contributed by atoms with Crippen LogP contribution >= 0.6 is 11.6 Å². The van der Waals surface area contributed by atoms with Crippen LogP contribution < -0.4 is 0 Å². The summed E-state index contributed by atoms with van der Waals surface area (Å²) in [6.07, 6.45) is -1.02. The molecule has 0 saturated carbocycles. The molecule has 7 heteroatoms. The zero-order valence-electron chi connectivity index (χ0n) is 15.5. The first kappa shape index (κ1) is 19.5. The zero-order valence-corrected chi connectivity index (χ0v) is 16.2. The second-order valence-electron chi connectivity index (χ2n) is 6.69. The molecule has 1 aliphatic rings. The summed E-state index contributed by atoms with van der Waals surface area (Å²) in [5, 5.41) is 0.519. The lowest BCUT2D eigenvalue weighted by Crippen LogP contribution is -2.51. The Morgan fingerprint density at radius 3 is 2.48 bits per heavy atom. The molecule has 144 valence electrons. The molecule has 3 atom stereocenters. The van der Waals surface area contributed by atoms with E-state index in [4.69, 9.17) is 25.5 Å². The molecule has 0 unspecified atom stereocenters. The van der Waals surface area contributed by atoms with Crippen LogP contribution in [0, 0.1) is 0 Å². The highest BCUT2D eigenvalue weighted by atomic mass is 35.5. The number of hydrogen-bond donors (Lipinski definition) is 0. The maximum atomic E-state index is 12.6. The molecular weight excluding hydrogens is 370 g/mol. The highest BCUT2D eigenvalue weighted by Gasteiger charge is 2.31. The Morgan fingerprint density at radius 2 is 1.81 bits per heavy atom. The number of nitrogens with zero attached hydrogens (tertiary/aromatic N) is 1. The van der Waals surface area contributed by atoms with Gasteiger partial charge in [-0.1, -0.05) is 23.7 Å². The van der Waals surface area contributed by atoms with Crippen LogP contribution in [-0.2, 0) is 14.3 Å². The first-order chi connectivity index (χ1) is 12.8. The molecule has 0 radical (unpaired) electrons. The van der Waals surface area contributed by atoms with Gasteiger partial charge in [-0.25, -0.2) is 4.79 Å². The lowest BCUT2D eigenvalue weighted by Gasteiger charge is -2.36. The van der Waals surface area contributed by atoms with E-state index < -0.39 is 12.1 Å². The summed E-state index contributed by atoms with van der Waals surface area (Å²) < 4.78 is 16.5. The molecule has 1 amide bonds.